The number of nitrogens with zero attached hydrogens (tertiary/aromatic N) is 3. The third-order valence-corrected chi connectivity index (χ3v) is 7.05. The molecular weight excluding hydrogens is 448 g/mol. The Bertz CT molecular complexity index is 1540. The number of aliphatic hydroxyl groups excluding tert-OH is 1. The molecule has 7 nitrogen and oxygen atoms in total. The fourth-order valence-electron chi connectivity index (χ4n) is 4.36. The fourth-order valence-corrected chi connectivity index (χ4v) is 5.30. The fraction of sp³-hybridized carbons (Fsp3) is 0.154. The maximum atomic E-state index is 11.8. The highest BCUT2D eigenvalue weighted by Gasteiger charge is 2.19. The van der Waals surface area contributed by atoms with E-state index in [4.69, 9.17) is 10.5 Å². The topological polar surface area (TPSA) is 95.3 Å². The van der Waals surface area contributed by atoms with Gasteiger partial charge in [-0.2, -0.15) is 0 Å². The van der Waals surface area contributed by atoms with E-state index in [0.29, 0.717) is 11.3 Å². The second-order valence-corrected chi connectivity index (χ2v) is 9.25. The van der Waals surface area contributed by atoms with Gasteiger partial charge in [0.25, 0.3) is 5.91 Å². The number of hydrogen-bond donors (Lipinski definition) is 2. The number of amides is 1. The molecule has 0 aliphatic rings. The highest BCUT2D eigenvalue weighted by atomic mass is 32.1. The molecule has 0 unspecified atom stereocenters. The van der Waals surface area contributed by atoms with Crippen LogP contribution in [0.25, 0.3) is 32.8 Å². The normalized spacial score (nSPS) is 11.3. The molecule has 0 atom stereocenters. The first-order valence-corrected chi connectivity index (χ1v) is 11.6. The van der Waals surface area contributed by atoms with E-state index in [1.807, 2.05) is 31.3 Å². The number of benzene rings is 2. The molecule has 5 aromatic rings. The smallest absolute Gasteiger partial charge is 0.252 e. The van der Waals surface area contributed by atoms with Crippen molar-refractivity contribution >= 4 is 27.5 Å². The molecule has 0 aliphatic heterocycles. The van der Waals surface area contributed by atoms with Gasteiger partial charge in [0.1, 0.15) is 11.6 Å². The summed E-state index contributed by atoms with van der Waals surface area (Å²) in [6.07, 6.45) is 3.74. The molecule has 0 saturated heterocycles. The minimum atomic E-state index is -0.541. The lowest BCUT2D eigenvalue weighted by Crippen LogP contribution is -2.12. The molecule has 0 bridgehead atoms. The van der Waals surface area contributed by atoms with Gasteiger partial charge in [0.15, 0.2) is 0 Å². The minimum absolute atomic E-state index is 0.0173. The second-order valence-electron chi connectivity index (χ2n) is 8.08. The summed E-state index contributed by atoms with van der Waals surface area (Å²) in [4.78, 5) is 17.0. The number of imidazole rings is 1. The quantitative estimate of drug-likeness (QED) is 0.372. The number of ether oxygens (including phenoxy) is 1. The van der Waals surface area contributed by atoms with E-state index in [2.05, 4.69) is 45.3 Å². The minimum Gasteiger partial charge on any atom is -0.496 e. The number of aliphatic hydroxyl groups is 1. The molecule has 0 spiro atoms. The van der Waals surface area contributed by atoms with Crippen molar-refractivity contribution in [2.24, 2.45) is 5.73 Å². The number of thiophene rings is 1. The molecule has 172 valence electrons. The zero-order valence-corrected chi connectivity index (χ0v) is 19.9. The van der Waals surface area contributed by atoms with Crippen LogP contribution in [0.2, 0.25) is 0 Å². The Hall–Kier alpha value is -3.88. The van der Waals surface area contributed by atoms with Gasteiger partial charge in [-0.3, -0.25) is 4.79 Å². The third-order valence-electron chi connectivity index (χ3n) is 6.00. The highest BCUT2D eigenvalue weighted by Crippen LogP contribution is 2.39. The van der Waals surface area contributed by atoms with Crippen molar-refractivity contribution in [1.29, 1.82) is 0 Å². The molecule has 0 radical (unpaired) electrons. The molecule has 3 aromatic heterocycles. The first-order chi connectivity index (χ1) is 16.4. The Morgan fingerprint density at radius 1 is 1.12 bits per heavy atom. The number of carbonyl (C=O) groups excluding carboxylic acids is 1. The molecule has 0 aliphatic carbocycles. The first-order valence-electron chi connectivity index (χ1n) is 10.8. The Balaban J connectivity index is 1.72. The standard InChI is InChI=1S/C26H24N4O3S/c1-15-10-17(29-9-8-28-16(29)2)4-6-20(15)22-13-25-23(12-19(14-31)34-25)30(22)18-5-7-21(26(27)32)24(11-18)33-3/h4-13,31H,14H2,1-3H3,(H2,27,32). The van der Waals surface area contributed by atoms with Crippen LogP contribution in [0.4, 0.5) is 0 Å². The Morgan fingerprint density at radius 3 is 2.56 bits per heavy atom. The van der Waals surface area contributed by atoms with Crippen LogP contribution in [-0.2, 0) is 6.61 Å². The number of methoxy groups -OCH3 is 1. The SMILES string of the molecule is COc1cc(-n2c(-c3ccc(-n4ccnc4C)cc3C)cc3sc(CO)cc32)ccc1C(N)=O. The second kappa shape index (κ2) is 8.48. The van der Waals surface area contributed by atoms with Crippen LogP contribution in [0.15, 0.2) is 60.9 Å². The molecule has 2 aromatic carbocycles. The van der Waals surface area contributed by atoms with E-state index in [1.54, 1.807) is 23.6 Å². The van der Waals surface area contributed by atoms with Crippen LogP contribution in [0.1, 0.15) is 26.6 Å². The summed E-state index contributed by atoms with van der Waals surface area (Å²) in [6, 6.07) is 15.8. The number of aromatic nitrogens is 3. The predicted molar refractivity (Wildman–Crippen MR) is 134 cm³/mol. The maximum absolute atomic E-state index is 11.8. The molecule has 5 rings (SSSR count). The number of aryl methyl sites for hydroxylation is 2. The number of nitrogens with two attached hydrogens (primary N) is 1. The Labute approximate surface area is 200 Å². The Kier molecular flexibility index (Phi) is 5.47. The van der Waals surface area contributed by atoms with Crippen LogP contribution in [0.3, 0.4) is 0 Å². The maximum Gasteiger partial charge on any atom is 0.252 e. The third kappa shape index (κ3) is 3.57. The summed E-state index contributed by atoms with van der Waals surface area (Å²) in [7, 11) is 1.52. The molecule has 3 N–H and O–H groups in total. The average molecular weight is 473 g/mol. The number of fused-ring (bicyclic) bond motifs is 1. The van der Waals surface area contributed by atoms with Gasteiger partial charge in [0.2, 0.25) is 0 Å². The summed E-state index contributed by atoms with van der Waals surface area (Å²) in [5.41, 5.74) is 11.9. The van der Waals surface area contributed by atoms with Crippen molar-refractivity contribution in [1.82, 2.24) is 14.1 Å². The molecular formula is C26H24N4O3S. The van der Waals surface area contributed by atoms with Gasteiger partial charge in [-0.1, -0.05) is 6.07 Å². The van der Waals surface area contributed by atoms with E-state index in [1.165, 1.54) is 7.11 Å². The summed E-state index contributed by atoms with van der Waals surface area (Å²) in [5.74, 6) is 0.799. The number of hydrogen-bond acceptors (Lipinski definition) is 5. The molecule has 34 heavy (non-hydrogen) atoms. The van der Waals surface area contributed by atoms with Crippen LogP contribution in [0, 0.1) is 13.8 Å². The van der Waals surface area contributed by atoms with Crippen molar-refractivity contribution in [3.05, 3.63) is 82.8 Å². The average Bonchev–Trinajstić information content (AvgIpc) is 3.52. The van der Waals surface area contributed by atoms with Crippen LogP contribution in [-0.4, -0.2) is 32.2 Å². The van der Waals surface area contributed by atoms with Gasteiger partial charge in [0.05, 0.1) is 35.2 Å². The lowest BCUT2D eigenvalue weighted by Gasteiger charge is -2.16. The molecule has 8 heteroatoms. The van der Waals surface area contributed by atoms with Crippen LogP contribution < -0.4 is 10.5 Å². The summed E-state index contributed by atoms with van der Waals surface area (Å²) in [6.45, 7) is 4.05. The van der Waals surface area contributed by atoms with E-state index < -0.39 is 5.91 Å². The van der Waals surface area contributed by atoms with E-state index in [-0.39, 0.29) is 6.61 Å². The van der Waals surface area contributed by atoms with Crippen molar-refractivity contribution < 1.29 is 14.6 Å². The van der Waals surface area contributed by atoms with Crippen LogP contribution in [0.5, 0.6) is 5.75 Å². The number of primary amides is 1. The van der Waals surface area contributed by atoms with E-state index >= 15 is 0 Å². The highest BCUT2D eigenvalue weighted by molar-refractivity contribution is 7.19. The van der Waals surface area contributed by atoms with Gasteiger partial charge >= 0.3 is 0 Å². The summed E-state index contributed by atoms with van der Waals surface area (Å²) < 4.78 is 10.7. The zero-order chi connectivity index (χ0) is 24.0. The number of carbonyl (C=O) groups is 1. The first kappa shape index (κ1) is 21.9. The molecule has 0 fully saturated rings. The van der Waals surface area contributed by atoms with Gasteiger partial charge in [-0.15, -0.1) is 11.3 Å². The van der Waals surface area contributed by atoms with Gasteiger partial charge in [0, 0.05) is 40.3 Å². The van der Waals surface area contributed by atoms with Crippen molar-refractivity contribution in [2.75, 3.05) is 7.11 Å². The van der Waals surface area contributed by atoms with Crippen molar-refractivity contribution in [3.8, 4) is 28.4 Å². The van der Waals surface area contributed by atoms with Crippen molar-refractivity contribution in [2.45, 2.75) is 20.5 Å². The summed E-state index contributed by atoms with van der Waals surface area (Å²) in [5, 5.41) is 9.69. The molecule has 0 saturated carbocycles. The van der Waals surface area contributed by atoms with Crippen molar-refractivity contribution in [3.63, 3.8) is 0 Å². The lowest BCUT2D eigenvalue weighted by molar-refractivity contribution is 0.0997. The summed E-state index contributed by atoms with van der Waals surface area (Å²) >= 11 is 1.56. The molecule has 1 amide bonds. The van der Waals surface area contributed by atoms with E-state index in [0.717, 1.165) is 49.1 Å². The zero-order valence-electron chi connectivity index (χ0n) is 19.1. The van der Waals surface area contributed by atoms with Gasteiger partial charge in [-0.05, 0) is 55.8 Å². The molecule has 3 heterocycles. The Morgan fingerprint density at radius 2 is 1.91 bits per heavy atom. The van der Waals surface area contributed by atoms with Crippen LogP contribution >= 0.6 is 11.3 Å². The predicted octanol–water partition coefficient (Wildman–Crippen LogP) is 4.76. The lowest BCUT2D eigenvalue weighted by atomic mass is 10.0. The van der Waals surface area contributed by atoms with E-state index in [9.17, 15) is 9.90 Å². The monoisotopic (exact) mass is 472 g/mol. The van der Waals surface area contributed by atoms with Gasteiger partial charge < -0.3 is 24.7 Å². The largest absolute Gasteiger partial charge is 0.496 e. The van der Waals surface area contributed by atoms with Gasteiger partial charge in [-0.25, -0.2) is 4.98 Å². The number of rotatable bonds is 6.